The van der Waals surface area contributed by atoms with Crippen molar-refractivity contribution < 1.29 is 4.79 Å². The number of para-hydroxylation sites is 1. The Morgan fingerprint density at radius 2 is 1.92 bits per heavy atom. The number of rotatable bonds is 4. The number of halogens is 1. The zero-order valence-electron chi connectivity index (χ0n) is 13.3. The molecule has 0 N–H and O–H groups in total. The SMILES string of the molecule is CN(Cc1nc2ccccc2s1)C(=O)C1(c2ccc(Cl)cc2)CC1. The largest absolute Gasteiger partial charge is 0.338 e. The van der Waals surface area contributed by atoms with E-state index in [-0.39, 0.29) is 11.3 Å². The van der Waals surface area contributed by atoms with Crippen LogP contribution in [0.3, 0.4) is 0 Å². The molecule has 1 aliphatic carbocycles. The van der Waals surface area contributed by atoms with Crippen molar-refractivity contribution in [2.45, 2.75) is 24.8 Å². The number of carbonyl (C=O) groups excluding carboxylic acids is 1. The fourth-order valence-corrected chi connectivity index (χ4v) is 4.29. The molecule has 1 saturated carbocycles. The van der Waals surface area contributed by atoms with E-state index in [0.717, 1.165) is 33.6 Å². The van der Waals surface area contributed by atoms with Crippen LogP contribution < -0.4 is 0 Å². The second-order valence-electron chi connectivity index (χ2n) is 6.33. The Bertz CT molecular complexity index is 866. The molecular formula is C19H17ClN2OS. The van der Waals surface area contributed by atoms with Crippen LogP contribution in [-0.2, 0) is 16.8 Å². The van der Waals surface area contributed by atoms with Gasteiger partial charge in [-0.3, -0.25) is 4.79 Å². The number of hydrogen-bond donors (Lipinski definition) is 0. The van der Waals surface area contributed by atoms with Crippen molar-refractivity contribution in [1.82, 2.24) is 9.88 Å². The van der Waals surface area contributed by atoms with Gasteiger partial charge in [0.25, 0.3) is 0 Å². The van der Waals surface area contributed by atoms with Gasteiger partial charge in [-0.2, -0.15) is 0 Å². The average molecular weight is 357 g/mol. The molecule has 0 saturated heterocycles. The maximum absolute atomic E-state index is 13.0. The van der Waals surface area contributed by atoms with Gasteiger partial charge in [0.05, 0.1) is 22.2 Å². The van der Waals surface area contributed by atoms with Gasteiger partial charge in [0.1, 0.15) is 5.01 Å². The molecule has 0 radical (unpaired) electrons. The number of carbonyl (C=O) groups is 1. The second-order valence-corrected chi connectivity index (χ2v) is 7.88. The zero-order chi connectivity index (χ0) is 16.7. The van der Waals surface area contributed by atoms with Crippen LogP contribution in [0.15, 0.2) is 48.5 Å². The summed E-state index contributed by atoms with van der Waals surface area (Å²) in [5.74, 6) is 0.170. The molecule has 3 nitrogen and oxygen atoms in total. The third-order valence-electron chi connectivity index (χ3n) is 4.61. The van der Waals surface area contributed by atoms with E-state index in [4.69, 9.17) is 11.6 Å². The van der Waals surface area contributed by atoms with Crippen LogP contribution >= 0.6 is 22.9 Å². The minimum Gasteiger partial charge on any atom is -0.338 e. The van der Waals surface area contributed by atoms with E-state index in [0.29, 0.717) is 11.6 Å². The number of thiazole rings is 1. The van der Waals surface area contributed by atoms with Crippen LogP contribution in [0.5, 0.6) is 0 Å². The van der Waals surface area contributed by atoms with Crippen molar-refractivity contribution >= 4 is 39.1 Å². The molecule has 1 aromatic heterocycles. The second kappa shape index (κ2) is 5.87. The zero-order valence-corrected chi connectivity index (χ0v) is 14.9. The lowest BCUT2D eigenvalue weighted by Crippen LogP contribution is -2.36. The summed E-state index contributed by atoms with van der Waals surface area (Å²) in [5.41, 5.74) is 1.70. The number of aromatic nitrogens is 1. The van der Waals surface area contributed by atoms with Crippen molar-refractivity contribution in [3.8, 4) is 0 Å². The first-order valence-electron chi connectivity index (χ1n) is 7.94. The summed E-state index contributed by atoms with van der Waals surface area (Å²) in [6.07, 6.45) is 1.80. The number of fused-ring (bicyclic) bond motifs is 1. The minimum atomic E-state index is -0.365. The van der Waals surface area contributed by atoms with E-state index in [2.05, 4.69) is 11.1 Å². The standard InChI is InChI=1S/C19H17ClN2OS/c1-22(12-17-21-15-4-2-3-5-16(15)24-17)18(23)19(10-11-19)13-6-8-14(20)9-7-13/h2-9H,10-12H2,1H3. The van der Waals surface area contributed by atoms with Crippen LogP contribution in [0, 0.1) is 0 Å². The normalized spacial score (nSPS) is 15.4. The summed E-state index contributed by atoms with van der Waals surface area (Å²) in [6, 6.07) is 15.7. The Morgan fingerprint density at radius 1 is 1.21 bits per heavy atom. The number of likely N-dealkylation sites (N-methyl/N-ethyl adjacent to an activating group) is 1. The van der Waals surface area contributed by atoms with E-state index in [1.165, 1.54) is 0 Å². The molecule has 1 aliphatic rings. The smallest absolute Gasteiger partial charge is 0.233 e. The third kappa shape index (κ3) is 2.70. The molecule has 5 heteroatoms. The Kier molecular flexibility index (Phi) is 3.82. The predicted octanol–water partition coefficient (Wildman–Crippen LogP) is 4.64. The van der Waals surface area contributed by atoms with Gasteiger partial charge in [-0.25, -0.2) is 4.98 Å². The van der Waals surface area contributed by atoms with Crippen LogP contribution in [0.2, 0.25) is 5.02 Å². The fourth-order valence-electron chi connectivity index (χ4n) is 3.15. The maximum atomic E-state index is 13.0. The quantitative estimate of drug-likeness (QED) is 0.682. The molecule has 0 atom stereocenters. The molecule has 122 valence electrons. The van der Waals surface area contributed by atoms with Crippen molar-refractivity contribution in [1.29, 1.82) is 0 Å². The molecule has 3 aromatic rings. The van der Waals surface area contributed by atoms with Crippen LogP contribution in [0.4, 0.5) is 0 Å². The van der Waals surface area contributed by atoms with Gasteiger partial charge in [-0.15, -0.1) is 11.3 Å². The highest BCUT2D eigenvalue weighted by molar-refractivity contribution is 7.18. The molecule has 24 heavy (non-hydrogen) atoms. The van der Waals surface area contributed by atoms with Crippen LogP contribution in [0.25, 0.3) is 10.2 Å². The summed E-state index contributed by atoms with van der Waals surface area (Å²) in [4.78, 5) is 19.4. The van der Waals surface area contributed by atoms with E-state index in [1.807, 2.05) is 49.5 Å². The van der Waals surface area contributed by atoms with Gasteiger partial charge in [-0.1, -0.05) is 35.9 Å². The van der Waals surface area contributed by atoms with Crippen LogP contribution in [0.1, 0.15) is 23.4 Å². The van der Waals surface area contributed by atoms with Gasteiger partial charge >= 0.3 is 0 Å². The maximum Gasteiger partial charge on any atom is 0.233 e. The van der Waals surface area contributed by atoms with Gasteiger partial charge in [0, 0.05) is 12.1 Å². The van der Waals surface area contributed by atoms with E-state index in [9.17, 15) is 4.79 Å². The highest BCUT2D eigenvalue weighted by atomic mass is 35.5. The number of nitrogens with zero attached hydrogens (tertiary/aromatic N) is 2. The van der Waals surface area contributed by atoms with E-state index >= 15 is 0 Å². The average Bonchev–Trinajstić information content (AvgIpc) is 3.29. The van der Waals surface area contributed by atoms with Crippen molar-refractivity contribution in [2.75, 3.05) is 7.05 Å². The lowest BCUT2D eigenvalue weighted by atomic mass is 9.94. The summed E-state index contributed by atoms with van der Waals surface area (Å²) >= 11 is 7.62. The lowest BCUT2D eigenvalue weighted by molar-refractivity contribution is -0.133. The first-order chi connectivity index (χ1) is 11.6. The Hall–Kier alpha value is -1.91. The molecule has 1 amide bonds. The minimum absolute atomic E-state index is 0.170. The summed E-state index contributed by atoms with van der Waals surface area (Å²) in [5, 5.41) is 1.67. The van der Waals surface area contributed by atoms with Gasteiger partial charge in [-0.05, 0) is 42.7 Å². The number of benzene rings is 2. The highest BCUT2D eigenvalue weighted by Gasteiger charge is 2.52. The van der Waals surface area contributed by atoms with E-state index < -0.39 is 0 Å². The molecule has 0 bridgehead atoms. The molecule has 0 aliphatic heterocycles. The van der Waals surface area contributed by atoms with Crippen molar-refractivity contribution in [3.63, 3.8) is 0 Å². The Balaban J connectivity index is 1.54. The molecular weight excluding hydrogens is 340 g/mol. The summed E-state index contributed by atoms with van der Waals surface area (Å²) in [6.45, 7) is 0.549. The first-order valence-corrected chi connectivity index (χ1v) is 9.14. The molecule has 1 fully saturated rings. The number of amides is 1. The number of hydrogen-bond acceptors (Lipinski definition) is 3. The highest BCUT2D eigenvalue weighted by Crippen LogP contribution is 2.49. The van der Waals surface area contributed by atoms with Crippen LogP contribution in [-0.4, -0.2) is 22.8 Å². The van der Waals surface area contributed by atoms with Crippen molar-refractivity contribution in [3.05, 3.63) is 64.1 Å². The van der Waals surface area contributed by atoms with Gasteiger partial charge in [0.15, 0.2) is 0 Å². The van der Waals surface area contributed by atoms with Gasteiger partial charge in [0.2, 0.25) is 5.91 Å². The first kappa shape index (κ1) is 15.6. The monoisotopic (exact) mass is 356 g/mol. The topological polar surface area (TPSA) is 33.2 Å². The van der Waals surface area contributed by atoms with E-state index in [1.54, 1.807) is 16.2 Å². The summed E-state index contributed by atoms with van der Waals surface area (Å²) in [7, 11) is 1.87. The lowest BCUT2D eigenvalue weighted by Gasteiger charge is -2.23. The van der Waals surface area contributed by atoms with Crippen molar-refractivity contribution in [2.24, 2.45) is 0 Å². The molecule has 1 heterocycles. The molecule has 0 spiro atoms. The predicted molar refractivity (Wildman–Crippen MR) is 98.5 cm³/mol. The Labute approximate surface area is 149 Å². The molecule has 4 rings (SSSR count). The fraction of sp³-hybridized carbons (Fsp3) is 0.263. The third-order valence-corrected chi connectivity index (χ3v) is 5.89. The molecule has 2 aromatic carbocycles. The molecule has 0 unspecified atom stereocenters. The van der Waals surface area contributed by atoms with Gasteiger partial charge < -0.3 is 4.90 Å². The summed E-state index contributed by atoms with van der Waals surface area (Å²) < 4.78 is 1.16. The Morgan fingerprint density at radius 3 is 2.58 bits per heavy atom.